The molecule has 2 heterocycles. The minimum absolute atomic E-state index is 0.252. The molecule has 0 saturated carbocycles. The van der Waals surface area contributed by atoms with Gasteiger partial charge in [0.15, 0.2) is 0 Å². The molecule has 0 unspecified atom stereocenters. The van der Waals surface area contributed by atoms with Gasteiger partial charge in [-0.2, -0.15) is 0 Å². The molecule has 0 atom stereocenters. The summed E-state index contributed by atoms with van der Waals surface area (Å²) in [5.74, 6) is 0.0420. The molecule has 0 aliphatic carbocycles. The van der Waals surface area contributed by atoms with Crippen LogP contribution in [-0.2, 0) is 20.9 Å². The van der Waals surface area contributed by atoms with E-state index in [1.807, 2.05) is 36.4 Å². The zero-order valence-corrected chi connectivity index (χ0v) is 23.6. The summed E-state index contributed by atoms with van der Waals surface area (Å²) in [7, 11) is 0. The number of morpholine rings is 1. The second-order valence-corrected chi connectivity index (χ2v) is 11.2. The van der Waals surface area contributed by atoms with Crippen LogP contribution in [0.3, 0.4) is 0 Å². The quantitative estimate of drug-likeness (QED) is 0.308. The number of ether oxygens (including phenoxy) is 2. The maximum absolute atomic E-state index is 12.8. The van der Waals surface area contributed by atoms with Crippen molar-refractivity contribution in [3.8, 4) is 5.75 Å². The Morgan fingerprint density at radius 2 is 1.76 bits per heavy atom. The van der Waals surface area contributed by atoms with E-state index >= 15 is 0 Å². The Kier molecular flexibility index (Phi) is 8.77. The molecule has 7 nitrogen and oxygen atoms in total. The Morgan fingerprint density at radius 3 is 2.41 bits per heavy atom. The van der Waals surface area contributed by atoms with Gasteiger partial charge in [-0.15, -0.1) is 0 Å². The van der Waals surface area contributed by atoms with Crippen molar-refractivity contribution >= 4 is 91.7 Å². The molecule has 2 aromatic rings. The fraction of sp³-hybridized carbons (Fsp3) is 0.261. The fourth-order valence-corrected chi connectivity index (χ4v) is 6.46. The number of carbonyl (C=O) groups excluding carboxylic acids is 3. The predicted molar refractivity (Wildman–Crippen MR) is 148 cm³/mol. The van der Waals surface area contributed by atoms with Crippen LogP contribution in [0.25, 0.3) is 6.08 Å². The van der Waals surface area contributed by atoms with Gasteiger partial charge in [-0.25, -0.2) is 0 Å². The third-order valence-electron chi connectivity index (χ3n) is 5.15. The minimum Gasteiger partial charge on any atom is -0.487 e. The first-order valence-electron chi connectivity index (χ1n) is 10.3. The number of hydrogen-bond donors (Lipinski definition) is 0. The molecule has 2 saturated heterocycles. The summed E-state index contributed by atoms with van der Waals surface area (Å²) in [6, 6.07) is 11.3. The average Bonchev–Trinajstić information content (AvgIpc) is 3.07. The van der Waals surface area contributed by atoms with E-state index in [0.29, 0.717) is 42.8 Å². The zero-order valence-electron chi connectivity index (χ0n) is 17.8. The van der Waals surface area contributed by atoms with Crippen LogP contribution in [0.15, 0.2) is 41.3 Å². The summed E-state index contributed by atoms with van der Waals surface area (Å²) in [5, 5.41) is 0.234. The zero-order chi connectivity index (χ0) is 24.2. The molecule has 0 N–H and O–H groups in total. The van der Waals surface area contributed by atoms with E-state index in [-0.39, 0.29) is 12.5 Å². The van der Waals surface area contributed by atoms with Crippen molar-refractivity contribution in [3.05, 3.63) is 64.6 Å². The van der Waals surface area contributed by atoms with Gasteiger partial charge in [-0.3, -0.25) is 19.3 Å². The lowest BCUT2D eigenvalue weighted by Crippen LogP contribution is -2.46. The molecule has 4 rings (SSSR count). The number of benzene rings is 2. The molecular formula is C23H19ClI2N2O5S. The Labute approximate surface area is 233 Å². The van der Waals surface area contributed by atoms with E-state index < -0.39 is 11.1 Å². The van der Waals surface area contributed by atoms with Crippen LogP contribution in [-0.4, -0.2) is 59.7 Å². The summed E-state index contributed by atoms with van der Waals surface area (Å²) in [6.45, 7) is 2.00. The second-order valence-electron chi connectivity index (χ2n) is 7.49. The summed E-state index contributed by atoms with van der Waals surface area (Å²) < 4.78 is 13.0. The van der Waals surface area contributed by atoms with Gasteiger partial charge in [0.25, 0.3) is 11.1 Å². The van der Waals surface area contributed by atoms with Crippen molar-refractivity contribution in [1.82, 2.24) is 9.80 Å². The first-order valence-corrected chi connectivity index (χ1v) is 13.6. The maximum Gasteiger partial charge on any atom is 0.294 e. The number of hydrogen-bond acceptors (Lipinski definition) is 6. The third-order valence-corrected chi connectivity index (χ3v) is 7.91. The molecule has 178 valence electrons. The van der Waals surface area contributed by atoms with Crippen molar-refractivity contribution in [2.45, 2.75) is 6.61 Å². The van der Waals surface area contributed by atoms with Gasteiger partial charge >= 0.3 is 0 Å². The van der Waals surface area contributed by atoms with Gasteiger partial charge in [0, 0.05) is 18.1 Å². The summed E-state index contributed by atoms with van der Waals surface area (Å²) in [6.07, 6.45) is 1.68. The average molecular weight is 725 g/mol. The van der Waals surface area contributed by atoms with Gasteiger partial charge in [-0.1, -0.05) is 23.7 Å². The maximum atomic E-state index is 12.8. The number of rotatable bonds is 6. The lowest BCUT2D eigenvalue weighted by atomic mass is 10.2. The van der Waals surface area contributed by atoms with Crippen molar-refractivity contribution < 1.29 is 23.9 Å². The predicted octanol–water partition coefficient (Wildman–Crippen LogP) is 5.02. The number of imide groups is 1. The van der Waals surface area contributed by atoms with Gasteiger partial charge in [-0.05, 0) is 98.4 Å². The lowest BCUT2D eigenvalue weighted by Gasteiger charge is -2.28. The van der Waals surface area contributed by atoms with Crippen LogP contribution in [0, 0.1) is 7.14 Å². The van der Waals surface area contributed by atoms with Crippen LogP contribution in [0.4, 0.5) is 4.79 Å². The van der Waals surface area contributed by atoms with Crippen molar-refractivity contribution in [1.29, 1.82) is 0 Å². The third kappa shape index (κ3) is 6.25. The molecule has 3 amide bonds. The van der Waals surface area contributed by atoms with Crippen LogP contribution in [0.2, 0.25) is 5.02 Å². The Morgan fingerprint density at radius 1 is 1.12 bits per heavy atom. The molecule has 11 heteroatoms. The summed E-state index contributed by atoms with van der Waals surface area (Å²) in [5.41, 5.74) is 1.78. The molecule has 0 spiro atoms. The molecule has 0 bridgehead atoms. The Hall–Kier alpha value is -1.35. The highest BCUT2D eigenvalue weighted by atomic mass is 127. The summed E-state index contributed by atoms with van der Waals surface area (Å²) >= 11 is 11.2. The largest absolute Gasteiger partial charge is 0.487 e. The lowest BCUT2D eigenvalue weighted by molar-refractivity contribution is -0.139. The molecule has 2 fully saturated rings. The summed E-state index contributed by atoms with van der Waals surface area (Å²) in [4.78, 5) is 40.7. The van der Waals surface area contributed by atoms with Gasteiger partial charge in [0.05, 0.1) is 25.3 Å². The monoisotopic (exact) mass is 724 g/mol. The highest BCUT2D eigenvalue weighted by molar-refractivity contribution is 14.1. The van der Waals surface area contributed by atoms with E-state index in [2.05, 4.69) is 45.2 Å². The molecular weight excluding hydrogens is 706 g/mol. The molecule has 34 heavy (non-hydrogen) atoms. The molecule has 2 aliphatic heterocycles. The van der Waals surface area contributed by atoms with E-state index in [1.54, 1.807) is 11.0 Å². The highest BCUT2D eigenvalue weighted by Crippen LogP contribution is 2.35. The van der Waals surface area contributed by atoms with E-state index in [0.717, 1.165) is 40.7 Å². The van der Waals surface area contributed by atoms with Crippen LogP contribution in [0.1, 0.15) is 11.1 Å². The second kappa shape index (κ2) is 11.6. The van der Waals surface area contributed by atoms with Crippen LogP contribution in [0.5, 0.6) is 5.75 Å². The molecule has 2 aromatic carbocycles. The fourth-order valence-electron chi connectivity index (χ4n) is 3.37. The Bertz CT molecular complexity index is 1130. The van der Waals surface area contributed by atoms with Crippen molar-refractivity contribution in [3.63, 3.8) is 0 Å². The van der Waals surface area contributed by atoms with Crippen molar-refractivity contribution in [2.24, 2.45) is 0 Å². The molecule has 0 radical (unpaired) electrons. The smallest absolute Gasteiger partial charge is 0.294 e. The first kappa shape index (κ1) is 25.7. The highest BCUT2D eigenvalue weighted by Gasteiger charge is 2.37. The normalized spacial score (nSPS) is 17.6. The van der Waals surface area contributed by atoms with Gasteiger partial charge in [0.2, 0.25) is 5.91 Å². The standard InChI is InChI=1S/C23H19ClI2N2O5S/c24-16-3-1-14(2-4-16)13-33-21-17(25)9-15(10-18(21)26)11-19-22(30)28(23(31)34-19)12-20(29)27-5-7-32-8-6-27/h1-4,9-11H,5-8,12-13H2/b19-11+. The van der Waals surface area contributed by atoms with E-state index in [9.17, 15) is 14.4 Å². The first-order chi connectivity index (χ1) is 16.3. The van der Waals surface area contributed by atoms with E-state index in [4.69, 9.17) is 21.1 Å². The number of carbonyl (C=O) groups is 3. The Balaban J connectivity index is 1.44. The van der Waals surface area contributed by atoms with Gasteiger partial charge in [0.1, 0.15) is 18.9 Å². The number of halogens is 3. The minimum atomic E-state index is -0.454. The van der Waals surface area contributed by atoms with Crippen LogP contribution >= 0.6 is 68.5 Å². The van der Waals surface area contributed by atoms with E-state index in [1.165, 1.54) is 0 Å². The number of nitrogens with zero attached hydrogens (tertiary/aromatic N) is 2. The van der Waals surface area contributed by atoms with Crippen molar-refractivity contribution in [2.75, 3.05) is 32.8 Å². The number of amides is 3. The molecule has 0 aromatic heterocycles. The number of thioether (sulfide) groups is 1. The van der Waals surface area contributed by atoms with Crippen LogP contribution < -0.4 is 4.74 Å². The SMILES string of the molecule is O=C(CN1C(=O)S/C(=C/c2cc(I)c(OCc3ccc(Cl)cc3)c(I)c2)C1=O)N1CCOCC1. The molecule has 2 aliphatic rings. The van der Waals surface area contributed by atoms with Gasteiger partial charge < -0.3 is 14.4 Å². The topological polar surface area (TPSA) is 76.2 Å².